The topological polar surface area (TPSA) is 237 Å². The van der Waals surface area contributed by atoms with Crippen LogP contribution in [-0.2, 0) is 65.4 Å². The van der Waals surface area contributed by atoms with Gasteiger partial charge in [-0.1, -0.05) is 452 Å². The van der Waals surface area contributed by atoms with Crippen molar-refractivity contribution in [2.75, 3.05) is 39.6 Å². The molecule has 0 aliphatic heterocycles. The van der Waals surface area contributed by atoms with Gasteiger partial charge in [-0.2, -0.15) is 0 Å². The van der Waals surface area contributed by atoms with E-state index >= 15 is 0 Å². The van der Waals surface area contributed by atoms with Gasteiger partial charge in [0.2, 0.25) is 0 Å². The summed E-state index contributed by atoms with van der Waals surface area (Å²) in [6.07, 6.45) is 79.3. The normalized spacial score (nSPS) is 13.9. The Morgan fingerprint density at radius 3 is 0.679 bits per heavy atom. The molecule has 0 rings (SSSR count). The number of unbranched alkanes of at least 4 members (excludes halogenated alkanes) is 61. The lowest BCUT2D eigenvalue weighted by molar-refractivity contribution is -0.161. The number of aliphatic hydroxyl groups excluding tert-OH is 1. The third kappa shape index (κ3) is 84.5. The van der Waals surface area contributed by atoms with Crippen LogP contribution in [0.3, 0.4) is 0 Å². The Hall–Kier alpha value is -1.94. The molecule has 3 N–H and O–H groups in total. The molecule has 0 amide bonds. The van der Waals surface area contributed by atoms with Crippen LogP contribution in [0.4, 0.5) is 0 Å². The molecule has 0 bridgehead atoms. The number of ether oxygens (including phenoxy) is 4. The zero-order valence-corrected chi connectivity index (χ0v) is 75.8. The van der Waals surface area contributed by atoms with Gasteiger partial charge in [-0.3, -0.25) is 37.3 Å². The summed E-state index contributed by atoms with van der Waals surface area (Å²) in [7, 11) is -9.94. The number of phosphoric acid groups is 2. The molecule has 0 spiro atoms. The Labute approximate surface area is 689 Å². The second kappa shape index (κ2) is 84.1. The van der Waals surface area contributed by atoms with E-state index < -0.39 is 97.5 Å². The zero-order valence-electron chi connectivity index (χ0n) is 74.0. The Kier molecular flexibility index (Phi) is 82.6. The fourth-order valence-electron chi connectivity index (χ4n) is 14.6. The summed E-state index contributed by atoms with van der Waals surface area (Å²) in [5, 5.41) is 10.7. The highest BCUT2D eigenvalue weighted by Crippen LogP contribution is 2.45. The van der Waals surface area contributed by atoms with Gasteiger partial charge >= 0.3 is 39.5 Å². The quantitative estimate of drug-likeness (QED) is 0.0222. The second-order valence-corrected chi connectivity index (χ2v) is 37.0. The van der Waals surface area contributed by atoms with E-state index in [9.17, 15) is 43.2 Å². The van der Waals surface area contributed by atoms with E-state index in [2.05, 4.69) is 41.5 Å². The van der Waals surface area contributed by atoms with Crippen LogP contribution in [0.1, 0.15) is 504 Å². The summed E-state index contributed by atoms with van der Waals surface area (Å²) in [6, 6.07) is 0. The first-order chi connectivity index (χ1) is 54.4. The average Bonchev–Trinajstić information content (AvgIpc) is 0.736. The maximum atomic E-state index is 13.2. The number of aliphatic hydroxyl groups is 1. The Bertz CT molecular complexity index is 2130. The predicted octanol–water partition coefficient (Wildman–Crippen LogP) is 29.0. The highest BCUT2D eigenvalue weighted by atomic mass is 31.2. The van der Waals surface area contributed by atoms with Crippen molar-refractivity contribution < 1.29 is 80.2 Å². The van der Waals surface area contributed by atoms with Gasteiger partial charge in [0.25, 0.3) is 0 Å². The zero-order chi connectivity index (χ0) is 82.0. The van der Waals surface area contributed by atoms with E-state index in [1.54, 1.807) is 0 Å². The van der Waals surface area contributed by atoms with Crippen molar-refractivity contribution in [3.8, 4) is 0 Å². The second-order valence-electron chi connectivity index (χ2n) is 34.1. The van der Waals surface area contributed by atoms with Crippen LogP contribution in [-0.4, -0.2) is 96.7 Å². The van der Waals surface area contributed by atoms with E-state index in [0.29, 0.717) is 25.7 Å². The summed E-state index contributed by atoms with van der Waals surface area (Å²) in [6.45, 7) is 9.74. The Balaban J connectivity index is 5.24. The number of rotatable bonds is 92. The number of phosphoric ester groups is 2. The standard InChI is InChI=1S/C93H182O17P2/c1-7-10-12-14-16-18-20-22-24-26-28-30-31-33-35-39-43-47-51-59-65-71-77-92(97)109-88(81-103-90(95)75-69-63-57-50-46-42-38-34-32-29-27-25-23-21-19-17-15-13-11-8-2)83-107-111(99,100)105-79-87(94)80-106-112(101,102)108-84-89(82-104-91(96)76-70-64-58-54-53-56-62-68-74-86(6)9-3)110-93(98)78-72-66-60-52-48-44-40-36-37-41-45-49-55-61-67-73-85(4)5/h85-89,94H,7-84H2,1-6H3,(H,99,100)(H,101,102)/t86?,87-,88-,89-/m1/s1. The summed E-state index contributed by atoms with van der Waals surface area (Å²) in [5.41, 5.74) is 0. The smallest absolute Gasteiger partial charge is 0.462 e. The maximum absolute atomic E-state index is 13.2. The third-order valence-electron chi connectivity index (χ3n) is 22.3. The first-order valence-corrected chi connectivity index (χ1v) is 51.0. The molecule has 0 heterocycles. The minimum atomic E-state index is -4.97. The minimum absolute atomic E-state index is 0.108. The molecule has 0 aliphatic rings. The molecule has 19 heteroatoms. The van der Waals surface area contributed by atoms with Crippen molar-refractivity contribution in [1.29, 1.82) is 0 Å². The van der Waals surface area contributed by atoms with Gasteiger partial charge in [-0.15, -0.1) is 0 Å². The molecular formula is C93H182O17P2. The molecule has 6 atom stereocenters. The summed E-state index contributed by atoms with van der Waals surface area (Å²) >= 11 is 0. The Morgan fingerprint density at radius 2 is 0.455 bits per heavy atom. The molecule has 112 heavy (non-hydrogen) atoms. The van der Waals surface area contributed by atoms with Crippen LogP contribution in [0.2, 0.25) is 0 Å². The molecular weight excluding hydrogens is 1450 g/mol. The van der Waals surface area contributed by atoms with Gasteiger partial charge in [0.15, 0.2) is 12.2 Å². The lowest BCUT2D eigenvalue weighted by Crippen LogP contribution is -2.30. The number of hydrogen-bond acceptors (Lipinski definition) is 15. The lowest BCUT2D eigenvalue weighted by Gasteiger charge is -2.21. The van der Waals surface area contributed by atoms with Crippen LogP contribution in [0.5, 0.6) is 0 Å². The summed E-state index contributed by atoms with van der Waals surface area (Å²) in [4.78, 5) is 73.5. The van der Waals surface area contributed by atoms with Crippen LogP contribution in [0.15, 0.2) is 0 Å². The van der Waals surface area contributed by atoms with E-state index in [0.717, 1.165) is 102 Å². The minimum Gasteiger partial charge on any atom is -0.462 e. The first kappa shape index (κ1) is 110. The van der Waals surface area contributed by atoms with Gasteiger partial charge in [0.1, 0.15) is 19.3 Å². The van der Waals surface area contributed by atoms with Crippen LogP contribution in [0, 0.1) is 11.8 Å². The molecule has 0 saturated heterocycles. The maximum Gasteiger partial charge on any atom is 0.472 e. The molecule has 0 aromatic heterocycles. The number of esters is 4. The van der Waals surface area contributed by atoms with Crippen molar-refractivity contribution in [1.82, 2.24) is 0 Å². The number of carbonyl (C=O) groups is 4. The molecule has 0 saturated carbocycles. The molecule has 3 unspecified atom stereocenters. The average molecular weight is 1630 g/mol. The van der Waals surface area contributed by atoms with Gasteiger partial charge in [-0.25, -0.2) is 9.13 Å². The molecule has 0 fully saturated rings. The SMILES string of the molecule is CCCCCCCCCCCCCCCCCCCCCCCCC(=O)O[C@H](COC(=O)CCCCCCCCCCCCCCCCCCCCCC)COP(=O)(O)OC[C@@H](O)COP(=O)(O)OC[C@@H](COC(=O)CCCCCCCCCCC(C)CC)OC(=O)CCCCCCCCCCCCCCCCCC(C)C. The van der Waals surface area contributed by atoms with E-state index in [4.69, 9.17) is 37.0 Å². The van der Waals surface area contributed by atoms with Crippen molar-refractivity contribution in [3.05, 3.63) is 0 Å². The first-order valence-electron chi connectivity index (χ1n) is 48.0. The molecule has 0 aromatic carbocycles. The van der Waals surface area contributed by atoms with Crippen LogP contribution >= 0.6 is 15.6 Å². The summed E-state index contributed by atoms with van der Waals surface area (Å²) < 4.78 is 69.1. The molecule has 17 nitrogen and oxygen atoms in total. The van der Waals surface area contributed by atoms with Gasteiger partial charge in [0, 0.05) is 25.7 Å². The van der Waals surface area contributed by atoms with Crippen molar-refractivity contribution in [2.45, 2.75) is 522 Å². The summed E-state index contributed by atoms with van der Waals surface area (Å²) in [5.74, 6) is -0.515. The van der Waals surface area contributed by atoms with Crippen LogP contribution < -0.4 is 0 Å². The fraction of sp³-hybridized carbons (Fsp3) is 0.957. The molecule has 666 valence electrons. The van der Waals surface area contributed by atoms with Crippen molar-refractivity contribution >= 4 is 39.5 Å². The van der Waals surface area contributed by atoms with Gasteiger partial charge in [0.05, 0.1) is 26.4 Å². The van der Waals surface area contributed by atoms with Crippen LogP contribution in [0.25, 0.3) is 0 Å². The largest absolute Gasteiger partial charge is 0.472 e. The van der Waals surface area contributed by atoms with E-state index in [1.165, 1.54) is 321 Å². The van der Waals surface area contributed by atoms with E-state index in [1.807, 2.05) is 0 Å². The molecule has 0 radical (unpaired) electrons. The van der Waals surface area contributed by atoms with Gasteiger partial charge < -0.3 is 33.8 Å². The molecule has 0 aromatic rings. The predicted molar refractivity (Wildman–Crippen MR) is 465 cm³/mol. The van der Waals surface area contributed by atoms with Crippen molar-refractivity contribution in [3.63, 3.8) is 0 Å². The van der Waals surface area contributed by atoms with Gasteiger partial charge in [-0.05, 0) is 37.5 Å². The number of hydrogen-bond donors (Lipinski definition) is 3. The lowest BCUT2D eigenvalue weighted by atomic mass is 9.99. The molecule has 0 aliphatic carbocycles. The fourth-order valence-corrected chi connectivity index (χ4v) is 16.2. The Morgan fingerprint density at radius 1 is 0.259 bits per heavy atom. The highest BCUT2D eigenvalue weighted by Gasteiger charge is 2.31. The monoisotopic (exact) mass is 1630 g/mol. The number of carbonyl (C=O) groups excluding carboxylic acids is 4. The van der Waals surface area contributed by atoms with Crippen molar-refractivity contribution in [2.24, 2.45) is 11.8 Å². The third-order valence-corrected chi connectivity index (χ3v) is 24.2. The highest BCUT2D eigenvalue weighted by molar-refractivity contribution is 7.47. The van der Waals surface area contributed by atoms with E-state index in [-0.39, 0.29) is 25.7 Å².